The van der Waals surface area contributed by atoms with Crippen molar-refractivity contribution in [3.05, 3.63) is 82.5 Å². The number of ketones is 1. The van der Waals surface area contributed by atoms with Crippen molar-refractivity contribution in [3.8, 4) is 17.3 Å². The Hall–Kier alpha value is -2.84. The zero-order valence-electron chi connectivity index (χ0n) is 16.8. The molecule has 4 rings (SSSR count). The molecule has 0 aliphatic rings. The molecule has 6 nitrogen and oxygen atoms in total. The number of ether oxygens (including phenoxy) is 1. The molecule has 31 heavy (non-hydrogen) atoms. The first kappa shape index (κ1) is 21.4. The smallest absolute Gasteiger partial charge is 0.200 e. The summed E-state index contributed by atoms with van der Waals surface area (Å²) in [7, 11) is 0. The Balaban J connectivity index is 1.49. The van der Waals surface area contributed by atoms with Crippen LogP contribution in [0.4, 0.5) is 0 Å². The second-order valence-corrected chi connectivity index (χ2v) is 8.57. The largest absolute Gasteiger partial charge is 0.492 e. The lowest BCUT2D eigenvalue weighted by atomic mass is 10.1. The fraction of sp³-hybridized carbons (Fsp3) is 0.174. The van der Waals surface area contributed by atoms with Gasteiger partial charge in [-0.3, -0.25) is 9.36 Å². The van der Waals surface area contributed by atoms with E-state index in [0.29, 0.717) is 46.5 Å². The van der Waals surface area contributed by atoms with Crippen molar-refractivity contribution in [2.75, 3.05) is 12.4 Å². The average Bonchev–Trinajstić information content (AvgIpc) is 3.38. The van der Waals surface area contributed by atoms with E-state index in [1.807, 2.05) is 53.1 Å². The van der Waals surface area contributed by atoms with Crippen molar-refractivity contribution in [3.63, 3.8) is 0 Å². The predicted molar refractivity (Wildman–Crippen MR) is 124 cm³/mol. The van der Waals surface area contributed by atoms with Gasteiger partial charge in [-0.1, -0.05) is 54.2 Å². The van der Waals surface area contributed by atoms with Gasteiger partial charge in [0.25, 0.3) is 0 Å². The lowest BCUT2D eigenvalue weighted by Crippen LogP contribution is -2.07. The molecule has 0 spiro atoms. The summed E-state index contributed by atoms with van der Waals surface area (Å²) in [6.45, 7) is 2.60. The number of Topliss-reactive ketones (excluding diaryl/α,β-unsaturated/α-hetero) is 1. The van der Waals surface area contributed by atoms with Crippen molar-refractivity contribution >= 4 is 33.5 Å². The summed E-state index contributed by atoms with van der Waals surface area (Å²) in [5.74, 6) is 2.55. The highest BCUT2D eigenvalue weighted by Gasteiger charge is 2.18. The molecule has 0 aliphatic heterocycles. The first-order chi connectivity index (χ1) is 15.1. The molecule has 0 fully saturated rings. The summed E-state index contributed by atoms with van der Waals surface area (Å²) in [6, 6.07) is 21.1. The molecule has 0 saturated carbocycles. The van der Waals surface area contributed by atoms with Crippen molar-refractivity contribution < 1.29 is 13.9 Å². The number of aromatic nitrogens is 3. The van der Waals surface area contributed by atoms with E-state index in [1.165, 1.54) is 6.92 Å². The van der Waals surface area contributed by atoms with Crippen LogP contribution in [0.1, 0.15) is 22.8 Å². The van der Waals surface area contributed by atoms with Crippen LogP contribution in [-0.4, -0.2) is 32.9 Å². The van der Waals surface area contributed by atoms with Gasteiger partial charge in [-0.15, -0.1) is 10.2 Å². The van der Waals surface area contributed by atoms with Gasteiger partial charge in [0.2, 0.25) is 5.82 Å². The molecule has 8 heteroatoms. The number of halogens is 1. The molecule has 0 aliphatic carbocycles. The Bertz CT molecular complexity index is 1170. The molecule has 158 valence electrons. The quantitative estimate of drug-likeness (QED) is 0.167. The number of carbonyl (C=O) groups excluding carboxylic acids is 1. The van der Waals surface area contributed by atoms with Crippen LogP contribution in [0.2, 0.25) is 0 Å². The van der Waals surface area contributed by atoms with Crippen LogP contribution in [-0.2, 0) is 6.54 Å². The van der Waals surface area contributed by atoms with Crippen molar-refractivity contribution in [2.45, 2.75) is 18.6 Å². The van der Waals surface area contributed by atoms with E-state index in [0.717, 1.165) is 10.7 Å². The summed E-state index contributed by atoms with van der Waals surface area (Å²) < 4.78 is 14.2. The van der Waals surface area contributed by atoms with Gasteiger partial charge in [0.05, 0.1) is 18.7 Å². The first-order valence-corrected chi connectivity index (χ1v) is 11.5. The topological polar surface area (TPSA) is 70.2 Å². The molecule has 0 radical (unpaired) electrons. The monoisotopic (exact) mass is 497 g/mol. The second-order valence-electron chi connectivity index (χ2n) is 6.73. The van der Waals surface area contributed by atoms with Crippen LogP contribution >= 0.6 is 27.7 Å². The van der Waals surface area contributed by atoms with Gasteiger partial charge in [0, 0.05) is 5.75 Å². The molecule has 0 unspecified atom stereocenters. The lowest BCUT2D eigenvalue weighted by molar-refractivity contribution is 0.101. The van der Waals surface area contributed by atoms with Gasteiger partial charge in [0.1, 0.15) is 5.75 Å². The minimum absolute atomic E-state index is 0.0138. The van der Waals surface area contributed by atoms with Crippen molar-refractivity contribution in [1.82, 2.24) is 14.8 Å². The molecule has 0 bridgehead atoms. The summed E-state index contributed by atoms with van der Waals surface area (Å²) in [5.41, 5.74) is 1.73. The van der Waals surface area contributed by atoms with Gasteiger partial charge in [0.15, 0.2) is 21.4 Å². The number of nitrogens with zero attached hydrogens (tertiary/aromatic N) is 3. The van der Waals surface area contributed by atoms with E-state index < -0.39 is 0 Å². The third kappa shape index (κ3) is 5.26. The van der Waals surface area contributed by atoms with E-state index in [-0.39, 0.29) is 5.78 Å². The maximum atomic E-state index is 11.8. The summed E-state index contributed by atoms with van der Waals surface area (Å²) >= 11 is 4.90. The van der Waals surface area contributed by atoms with Crippen LogP contribution < -0.4 is 4.74 Å². The lowest BCUT2D eigenvalue weighted by Gasteiger charge is -2.11. The minimum atomic E-state index is -0.0138. The highest BCUT2D eigenvalue weighted by Crippen LogP contribution is 2.28. The molecular weight excluding hydrogens is 478 g/mol. The zero-order chi connectivity index (χ0) is 21.6. The highest BCUT2D eigenvalue weighted by molar-refractivity contribution is 9.10. The number of hydrogen-bond acceptors (Lipinski definition) is 6. The third-order valence-corrected chi connectivity index (χ3v) is 5.89. The van der Waals surface area contributed by atoms with E-state index >= 15 is 0 Å². The Labute approximate surface area is 192 Å². The maximum absolute atomic E-state index is 11.8. The van der Waals surface area contributed by atoms with Crippen LogP contribution in [0, 0.1) is 0 Å². The fourth-order valence-electron chi connectivity index (χ4n) is 3.09. The van der Waals surface area contributed by atoms with Crippen LogP contribution in [0.3, 0.4) is 0 Å². The molecule has 0 amide bonds. The summed E-state index contributed by atoms with van der Waals surface area (Å²) in [5, 5.41) is 9.51. The Morgan fingerprint density at radius 1 is 1.06 bits per heavy atom. The Morgan fingerprint density at radius 3 is 2.58 bits per heavy atom. The van der Waals surface area contributed by atoms with Crippen molar-refractivity contribution in [1.29, 1.82) is 0 Å². The Kier molecular flexibility index (Phi) is 6.89. The van der Waals surface area contributed by atoms with E-state index in [9.17, 15) is 4.79 Å². The number of furan rings is 1. The normalized spacial score (nSPS) is 10.9. The molecule has 4 aromatic rings. The molecule has 0 N–H and O–H groups in total. The standard InChI is InChI=1S/C23H20BrN3O3S/c1-16(28)18-9-5-6-10-19(18)29-13-14-31-23-26-25-22(20-11-12-21(24)30-20)27(23)15-17-7-3-2-4-8-17/h2-12H,13-15H2,1H3. The summed E-state index contributed by atoms with van der Waals surface area (Å²) in [6.07, 6.45) is 0. The van der Waals surface area contributed by atoms with Crippen molar-refractivity contribution in [2.24, 2.45) is 0 Å². The number of para-hydroxylation sites is 1. The number of benzene rings is 2. The minimum Gasteiger partial charge on any atom is -0.492 e. The van der Waals surface area contributed by atoms with E-state index in [1.54, 1.807) is 17.8 Å². The fourth-order valence-corrected chi connectivity index (χ4v) is 4.15. The van der Waals surface area contributed by atoms with Crippen LogP contribution in [0.5, 0.6) is 5.75 Å². The number of thioether (sulfide) groups is 1. The number of hydrogen-bond donors (Lipinski definition) is 0. The molecule has 2 aromatic carbocycles. The zero-order valence-corrected chi connectivity index (χ0v) is 19.2. The predicted octanol–water partition coefficient (Wildman–Crippen LogP) is 5.72. The first-order valence-electron chi connectivity index (χ1n) is 9.70. The second kappa shape index (κ2) is 9.98. The number of rotatable bonds is 9. The van der Waals surface area contributed by atoms with Crippen LogP contribution in [0.15, 0.2) is 81.0 Å². The molecule has 0 atom stereocenters. The van der Waals surface area contributed by atoms with Crippen LogP contribution in [0.25, 0.3) is 11.6 Å². The van der Waals surface area contributed by atoms with Gasteiger partial charge in [-0.25, -0.2) is 0 Å². The number of carbonyl (C=O) groups is 1. The third-order valence-electron chi connectivity index (χ3n) is 4.53. The molecular formula is C23H20BrN3O3S. The summed E-state index contributed by atoms with van der Waals surface area (Å²) in [4.78, 5) is 11.8. The van der Waals surface area contributed by atoms with Gasteiger partial charge >= 0.3 is 0 Å². The average molecular weight is 498 g/mol. The molecule has 2 aromatic heterocycles. The molecule has 0 saturated heterocycles. The van der Waals surface area contributed by atoms with Gasteiger partial charge < -0.3 is 9.15 Å². The Morgan fingerprint density at radius 2 is 1.84 bits per heavy atom. The van der Waals surface area contributed by atoms with E-state index in [2.05, 4.69) is 38.3 Å². The molecule has 2 heterocycles. The highest BCUT2D eigenvalue weighted by atomic mass is 79.9. The SMILES string of the molecule is CC(=O)c1ccccc1OCCSc1nnc(-c2ccc(Br)o2)n1Cc1ccccc1. The van der Waals surface area contributed by atoms with E-state index in [4.69, 9.17) is 9.15 Å². The maximum Gasteiger partial charge on any atom is 0.200 e. The van der Waals surface area contributed by atoms with Gasteiger partial charge in [-0.2, -0.15) is 0 Å². The van der Waals surface area contributed by atoms with Gasteiger partial charge in [-0.05, 0) is 52.7 Å².